The molecule has 0 spiro atoms. The summed E-state index contributed by atoms with van der Waals surface area (Å²) in [7, 11) is 0. The van der Waals surface area contributed by atoms with Gasteiger partial charge in [0.05, 0.1) is 6.20 Å². The maximum atomic E-state index is 9.99. The monoisotopic (exact) mass is 100 g/mol. The van der Waals surface area contributed by atoms with Gasteiger partial charge in [-0.1, -0.05) is 0 Å². The largest absolute Gasteiger partial charge is 0.418 e. The highest BCUT2D eigenvalue weighted by molar-refractivity contribution is 5.15. The minimum Gasteiger partial charge on any atom is -0.392 e. The Morgan fingerprint density at radius 3 is 2.71 bits per heavy atom. The van der Waals surface area contributed by atoms with Crippen LogP contribution in [0.2, 0.25) is 0 Å². The van der Waals surface area contributed by atoms with Crippen LogP contribution in [0.15, 0.2) is 15.4 Å². The third-order valence-corrected chi connectivity index (χ3v) is 0.543. The lowest BCUT2D eigenvalue weighted by Gasteiger charge is -1.68. The molecule has 7 heavy (non-hydrogen) atoms. The van der Waals surface area contributed by atoms with Gasteiger partial charge in [0.2, 0.25) is 5.88 Å². The van der Waals surface area contributed by atoms with Crippen molar-refractivity contribution < 1.29 is 4.42 Å². The molecule has 0 saturated carbocycles. The van der Waals surface area contributed by atoms with Crippen molar-refractivity contribution in [3.05, 3.63) is 16.7 Å². The van der Waals surface area contributed by atoms with Crippen LogP contribution in [0.5, 0.6) is 0 Å². The first-order valence-electron chi connectivity index (χ1n) is 1.73. The number of nitrogens with two attached hydrogens (primary N) is 1. The maximum absolute atomic E-state index is 9.99. The van der Waals surface area contributed by atoms with Crippen LogP contribution in [0.4, 0.5) is 5.88 Å². The number of rotatable bonds is 0. The molecule has 0 unspecified atom stereocenters. The molecule has 1 aromatic rings. The zero-order valence-corrected chi connectivity index (χ0v) is 3.47. The lowest BCUT2D eigenvalue weighted by molar-refractivity contribution is 0.533. The van der Waals surface area contributed by atoms with Crippen LogP contribution in [0, 0.1) is 0 Å². The summed E-state index contributed by atoms with van der Waals surface area (Å²) in [5, 5.41) is 0. The Bertz CT molecular complexity index is 199. The number of hydrogen-bond donors (Lipinski definition) is 2. The van der Waals surface area contributed by atoms with Crippen molar-refractivity contribution in [3.8, 4) is 0 Å². The van der Waals surface area contributed by atoms with Crippen LogP contribution in [0.3, 0.4) is 0 Å². The van der Waals surface area contributed by atoms with Crippen molar-refractivity contribution in [2.24, 2.45) is 0 Å². The second-order valence-electron chi connectivity index (χ2n) is 1.08. The zero-order chi connectivity index (χ0) is 5.28. The molecule has 0 aliphatic carbocycles. The Balaban J connectivity index is 3.30. The van der Waals surface area contributed by atoms with E-state index in [1.807, 2.05) is 0 Å². The van der Waals surface area contributed by atoms with Crippen LogP contribution in [-0.2, 0) is 0 Å². The lowest BCUT2D eigenvalue weighted by atomic mass is 10.9. The number of aromatic nitrogens is 1. The van der Waals surface area contributed by atoms with Crippen LogP contribution in [0.1, 0.15) is 0 Å². The molecule has 3 N–H and O–H groups in total. The molecule has 0 aromatic carbocycles. The SMILES string of the molecule is Nc1c[nH]c(=O)o1. The fraction of sp³-hybridized carbons (Fsp3) is 0. The average molecular weight is 100 g/mol. The molecule has 0 aliphatic heterocycles. The third kappa shape index (κ3) is 0.623. The van der Waals surface area contributed by atoms with Gasteiger partial charge in [-0.3, -0.25) is 4.98 Å². The van der Waals surface area contributed by atoms with Crippen LogP contribution >= 0.6 is 0 Å². The Kier molecular flexibility index (Phi) is 0.651. The normalized spacial score (nSPS) is 9.14. The van der Waals surface area contributed by atoms with Gasteiger partial charge in [0.15, 0.2) is 0 Å². The standard InChI is InChI=1S/C3H4N2O2/c4-2-1-5-3(6)7-2/h1H,4H2,(H,5,6). The van der Waals surface area contributed by atoms with Gasteiger partial charge in [0.1, 0.15) is 0 Å². The molecule has 1 heterocycles. The van der Waals surface area contributed by atoms with Gasteiger partial charge in [-0.15, -0.1) is 0 Å². The molecule has 0 radical (unpaired) electrons. The Morgan fingerprint density at radius 1 is 1.86 bits per heavy atom. The Morgan fingerprint density at radius 2 is 2.57 bits per heavy atom. The Labute approximate surface area is 38.9 Å². The highest BCUT2D eigenvalue weighted by Gasteiger charge is 1.85. The second kappa shape index (κ2) is 1.14. The highest BCUT2D eigenvalue weighted by atomic mass is 16.4. The molecule has 0 saturated heterocycles. The van der Waals surface area contributed by atoms with Gasteiger partial charge in [0, 0.05) is 0 Å². The number of hydrogen-bond acceptors (Lipinski definition) is 3. The second-order valence-corrected chi connectivity index (χ2v) is 1.08. The topological polar surface area (TPSA) is 72.0 Å². The summed E-state index contributed by atoms with van der Waals surface area (Å²) < 4.78 is 4.25. The van der Waals surface area contributed by atoms with E-state index in [1.54, 1.807) is 0 Å². The highest BCUT2D eigenvalue weighted by Crippen LogP contribution is 1.87. The average Bonchev–Trinajstić information content (AvgIpc) is 1.87. The van der Waals surface area contributed by atoms with E-state index >= 15 is 0 Å². The fourth-order valence-electron chi connectivity index (χ4n) is 0.296. The first-order valence-corrected chi connectivity index (χ1v) is 1.73. The number of aromatic amines is 1. The molecule has 0 atom stereocenters. The van der Waals surface area contributed by atoms with Crippen LogP contribution in [-0.4, -0.2) is 4.98 Å². The van der Waals surface area contributed by atoms with Crippen molar-refractivity contribution in [2.45, 2.75) is 0 Å². The first-order chi connectivity index (χ1) is 3.29. The van der Waals surface area contributed by atoms with Crippen molar-refractivity contribution in [2.75, 3.05) is 5.73 Å². The molecule has 38 valence electrons. The summed E-state index contributed by atoms with van der Waals surface area (Å²) in [5.74, 6) is -0.400. The number of nitrogen functional groups attached to an aromatic ring is 1. The quantitative estimate of drug-likeness (QED) is 0.463. The smallest absolute Gasteiger partial charge is 0.392 e. The fourth-order valence-corrected chi connectivity index (χ4v) is 0.296. The minimum absolute atomic E-state index is 0.116. The van der Waals surface area contributed by atoms with Crippen LogP contribution in [0.25, 0.3) is 0 Å². The molecule has 0 bridgehead atoms. The third-order valence-electron chi connectivity index (χ3n) is 0.543. The van der Waals surface area contributed by atoms with E-state index in [4.69, 9.17) is 5.73 Å². The van der Waals surface area contributed by atoms with E-state index in [0.717, 1.165) is 0 Å². The summed E-state index contributed by atoms with van der Waals surface area (Å²) >= 11 is 0. The maximum Gasteiger partial charge on any atom is 0.418 e. The van der Waals surface area contributed by atoms with Crippen molar-refractivity contribution in [1.82, 2.24) is 4.98 Å². The van der Waals surface area contributed by atoms with Gasteiger partial charge < -0.3 is 10.2 Å². The summed E-state index contributed by atoms with van der Waals surface area (Å²) in [6, 6.07) is 0. The minimum atomic E-state index is -0.516. The van der Waals surface area contributed by atoms with E-state index in [2.05, 4.69) is 9.40 Å². The molecule has 1 rings (SSSR count). The molecule has 4 nitrogen and oxygen atoms in total. The van der Waals surface area contributed by atoms with E-state index in [0.29, 0.717) is 0 Å². The molecule has 1 aromatic heterocycles. The molecular weight excluding hydrogens is 96.0 g/mol. The van der Waals surface area contributed by atoms with Gasteiger partial charge in [-0.05, 0) is 0 Å². The molecule has 4 heteroatoms. The first kappa shape index (κ1) is 3.98. The van der Waals surface area contributed by atoms with Gasteiger partial charge in [0.25, 0.3) is 0 Å². The number of anilines is 1. The van der Waals surface area contributed by atoms with E-state index in [1.165, 1.54) is 6.20 Å². The lowest BCUT2D eigenvalue weighted by Crippen LogP contribution is -1.92. The van der Waals surface area contributed by atoms with Gasteiger partial charge in [-0.25, -0.2) is 4.79 Å². The summed E-state index contributed by atoms with van der Waals surface area (Å²) in [6.45, 7) is 0. The Hall–Kier alpha value is -1.19. The molecule has 0 aliphatic rings. The van der Waals surface area contributed by atoms with Gasteiger partial charge >= 0.3 is 5.76 Å². The number of nitrogens with one attached hydrogen (secondary N) is 1. The number of oxazole rings is 1. The predicted octanol–water partition coefficient (Wildman–Crippen LogP) is -0.450. The number of H-pyrrole nitrogens is 1. The summed E-state index contributed by atoms with van der Waals surface area (Å²) in [5.41, 5.74) is 4.98. The van der Waals surface area contributed by atoms with E-state index in [9.17, 15) is 4.79 Å². The molecule has 0 fully saturated rings. The van der Waals surface area contributed by atoms with Crippen molar-refractivity contribution in [1.29, 1.82) is 0 Å². The van der Waals surface area contributed by atoms with Crippen molar-refractivity contribution in [3.63, 3.8) is 0 Å². The summed E-state index contributed by atoms with van der Waals surface area (Å²) in [6.07, 6.45) is 1.29. The predicted molar refractivity (Wildman–Crippen MR) is 23.7 cm³/mol. The zero-order valence-electron chi connectivity index (χ0n) is 3.47. The van der Waals surface area contributed by atoms with E-state index in [-0.39, 0.29) is 5.88 Å². The van der Waals surface area contributed by atoms with E-state index < -0.39 is 5.76 Å². The van der Waals surface area contributed by atoms with Crippen LogP contribution < -0.4 is 11.5 Å². The molecule has 0 amide bonds. The van der Waals surface area contributed by atoms with Crippen molar-refractivity contribution >= 4 is 5.88 Å². The summed E-state index contributed by atoms with van der Waals surface area (Å²) in [4.78, 5) is 12.2. The molecular formula is C3H4N2O2. The van der Waals surface area contributed by atoms with Gasteiger partial charge in [-0.2, -0.15) is 0 Å².